The number of carbonyl (C=O) groups is 2. The molecule has 0 unspecified atom stereocenters. The number of piperidine rings is 1. The average molecular weight is 327 g/mol. The van der Waals surface area contributed by atoms with Gasteiger partial charge in [0, 0.05) is 39.8 Å². The molecule has 1 aromatic carbocycles. The molecule has 0 saturated carbocycles. The van der Waals surface area contributed by atoms with Gasteiger partial charge in [-0.15, -0.1) is 0 Å². The molecule has 1 fully saturated rings. The van der Waals surface area contributed by atoms with Gasteiger partial charge in [0.2, 0.25) is 11.8 Å². The van der Waals surface area contributed by atoms with Crippen LogP contribution in [-0.2, 0) is 9.59 Å². The summed E-state index contributed by atoms with van der Waals surface area (Å²) in [5, 5.41) is 9.94. The van der Waals surface area contributed by atoms with Gasteiger partial charge in [0.1, 0.15) is 5.54 Å². The maximum Gasteiger partial charge on any atom is 0.225 e. The lowest BCUT2D eigenvalue weighted by Crippen LogP contribution is -2.57. The second-order valence-electron chi connectivity index (χ2n) is 6.75. The van der Waals surface area contributed by atoms with Crippen LogP contribution in [0.25, 0.3) is 0 Å². The molecular formula is C19H25N3O2. The first-order chi connectivity index (χ1) is 11.2. The smallest absolute Gasteiger partial charge is 0.225 e. The van der Waals surface area contributed by atoms with Gasteiger partial charge >= 0.3 is 0 Å². The maximum absolute atomic E-state index is 12.5. The zero-order chi connectivity index (χ0) is 18.1. The Morgan fingerprint density at radius 1 is 1.12 bits per heavy atom. The van der Waals surface area contributed by atoms with E-state index in [1.165, 1.54) is 13.8 Å². The van der Waals surface area contributed by atoms with Gasteiger partial charge in [0.15, 0.2) is 0 Å². The van der Waals surface area contributed by atoms with E-state index in [0.717, 1.165) is 22.4 Å². The third-order valence-corrected chi connectivity index (χ3v) is 4.85. The number of nitrogens with zero attached hydrogens (tertiary/aromatic N) is 3. The fourth-order valence-electron chi connectivity index (χ4n) is 3.77. The van der Waals surface area contributed by atoms with Gasteiger partial charge in [0.25, 0.3) is 0 Å². The number of amides is 2. The second kappa shape index (κ2) is 6.64. The number of aryl methyl sites for hydroxylation is 3. The van der Waals surface area contributed by atoms with Gasteiger partial charge in [-0.3, -0.25) is 14.5 Å². The van der Waals surface area contributed by atoms with Gasteiger partial charge in [0.05, 0.1) is 11.8 Å². The summed E-state index contributed by atoms with van der Waals surface area (Å²) in [6.45, 7) is 10.0. The van der Waals surface area contributed by atoms with Gasteiger partial charge in [-0.25, -0.2) is 0 Å². The van der Waals surface area contributed by atoms with Crippen molar-refractivity contribution in [2.45, 2.75) is 53.0 Å². The molecule has 0 aromatic heterocycles. The fraction of sp³-hybridized carbons (Fsp3) is 0.526. The normalized spacial score (nSPS) is 16.4. The fourth-order valence-corrected chi connectivity index (χ4v) is 3.77. The van der Waals surface area contributed by atoms with E-state index in [1.807, 2.05) is 32.9 Å². The number of anilines is 1. The van der Waals surface area contributed by atoms with Crippen molar-refractivity contribution < 1.29 is 9.59 Å². The van der Waals surface area contributed by atoms with E-state index in [0.29, 0.717) is 25.9 Å². The molecule has 5 nitrogen and oxygen atoms in total. The first-order valence-corrected chi connectivity index (χ1v) is 8.27. The number of nitriles is 1. The first kappa shape index (κ1) is 18.0. The van der Waals surface area contributed by atoms with Gasteiger partial charge in [-0.1, -0.05) is 17.7 Å². The minimum Gasteiger partial charge on any atom is -0.343 e. The van der Waals surface area contributed by atoms with Crippen LogP contribution in [0.5, 0.6) is 0 Å². The Labute approximate surface area is 143 Å². The summed E-state index contributed by atoms with van der Waals surface area (Å²) in [6, 6.07) is 6.46. The summed E-state index contributed by atoms with van der Waals surface area (Å²) in [7, 11) is 0. The molecule has 0 atom stereocenters. The SMILES string of the molecule is CC(=O)N1CCC(C#N)(N(C(C)=O)c2c(C)cc(C)cc2C)CC1. The lowest BCUT2D eigenvalue weighted by Gasteiger charge is -2.44. The van der Waals surface area contributed by atoms with Crippen molar-refractivity contribution >= 4 is 17.5 Å². The number of benzene rings is 1. The molecule has 0 N–H and O–H groups in total. The molecule has 0 bridgehead atoms. The van der Waals surface area contributed by atoms with Gasteiger partial charge < -0.3 is 4.90 Å². The van der Waals surface area contributed by atoms with Crippen molar-refractivity contribution in [2.24, 2.45) is 0 Å². The highest BCUT2D eigenvalue weighted by molar-refractivity contribution is 5.95. The Bertz CT molecular complexity index is 687. The second-order valence-corrected chi connectivity index (χ2v) is 6.75. The summed E-state index contributed by atoms with van der Waals surface area (Å²) in [5.74, 6) is -0.124. The van der Waals surface area contributed by atoms with Crippen LogP contribution in [0.1, 0.15) is 43.4 Å². The Kier molecular flexibility index (Phi) is 4.98. The minimum atomic E-state index is -0.900. The molecule has 1 heterocycles. The monoisotopic (exact) mass is 327 g/mol. The number of rotatable bonds is 2. The van der Waals surface area contributed by atoms with Crippen LogP contribution in [0, 0.1) is 32.1 Å². The van der Waals surface area contributed by atoms with Crippen LogP contribution in [-0.4, -0.2) is 35.3 Å². The summed E-state index contributed by atoms with van der Waals surface area (Å²) >= 11 is 0. The van der Waals surface area contributed by atoms with Crippen molar-refractivity contribution in [3.8, 4) is 6.07 Å². The zero-order valence-electron chi connectivity index (χ0n) is 15.1. The summed E-state index contributed by atoms with van der Waals surface area (Å²) < 4.78 is 0. The van der Waals surface area contributed by atoms with Gasteiger partial charge in [-0.05, 0) is 31.9 Å². The Morgan fingerprint density at radius 2 is 1.62 bits per heavy atom. The molecular weight excluding hydrogens is 302 g/mol. The lowest BCUT2D eigenvalue weighted by atomic mass is 9.85. The summed E-state index contributed by atoms with van der Waals surface area (Å²) in [4.78, 5) is 27.5. The molecule has 128 valence electrons. The van der Waals surface area contributed by atoms with E-state index in [1.54, 1.807) is 9.80 Å². The number of likely N-dealkylation sites (tertiary alicyclic amines) is 1. The van der Waals surface area contributed by atoms with Gasteiger partial charge in [-0.2, -0.15) is 5.26 Å². The van der Waals surface area contributed by atoms with E-state index in [4.69, 9.17) is 0 Å². The van der Waals surface area contributed by atoms with Crippen LogP contribution in [0.4, 0.5) is 5.69 Å². The highest BCUT2D eigenvalue weighted by Crippen LogP contribution is 2.37. The van der Waals surface area contributed by atoms with Crippen molar-refractivity contribution in [1.82, 2.24) is 4.90 Å². The molecule has 0 radical (unpaired) electrons. The predicted molar refractivity (Wildman–Crippen MR) is 93.6 cm³/mol. The highest BCUT2D eigenvalue weighted by atomic mass is 16.2. The zero-order valence-corrected chi connectivity index (χ0v) is 15.1. The quantitative estimate of drug-likeness (QED) is 0.839. The van der Waals surface area contributed by atoms with Crippen molar-refractivity contribution in [3.05, 3.63) is 28.8 Å². The van der Waals surface area contributed by atoms with E-state index in [-0.39, 0.29) is 11.8 Å². The summed E-state index contributed by atoms with van der Waals surface area (Å²) in [5.41, 5.74) is 3.04. The molecule has 5 heteroatoms. The number of carbonyl (C=O) groups excluding carboxylic acids is 2. The number of hydrogen-bond donors (Lipinski definition) is 0. The third kappa shape index (κ3) is 3.14. The average Bonchev–Trinajstić information content (AvgIpc) is 2.50. The van der Waals surface area contributed by atoms with Crippen LogP contribution in [0.15, 0.2) is 12.1 Å². The molecule has 1 aliphatic heterocycles. The molecule has 24 heavy (non-hydrogen) atoms. The largest absolute Gasteiger partial charge is 0.343 e. The topological polar surface area (TPSA) is 64.4 Å². The molecule has 0 aliphatic carbocycles. The Morgan fingerprint density at radius 3 is 2.00 bits per heavy atom. The molecule has 2 rings (SSSR count). The van der Waals surface area contributed by atoms with Crippen molar-refractivity contribution in [1.29, 1.82) is 5.26 Å². The van der Waals surface area contributed by atoms with E-state index < -0.39 is 5.54 Å². The molecule has 1 aliphatic rings. The van der Waals surface area contributed by atoms with E-state index in [9.17, 15) is 14.9 Å². The van der Waals surface area contributed by atoms with Crippen LogP contribution in [0.2, 0.25) is 0 Å². The minimum absolute atomic E-state index is 0.0126. The third-order valence-electron chi connectivity index (χ3n) is 4.85. The Hall–Kier alpha value is -2.35. The highest BCUT2D eigenvalue weighted by Gasteiger charge is 2.44. The predicted octanol–water partition coefficient (Wildman–Crippen LogP) is 2.87. The van der Waals surface area contributed by atoms with Crippen LogP contribution >= 0.6 is 0 Å². The molecule has 1 saturated heterocycles. The molecule has 2 amide bonds. The number of hydrogen-bond acceptors (Lipinski definition) is 3. The Balaban J connectivity index is 2.50. The van der Waals surface area contributed by atoms with E-state index in [2.05, 4.69) is 6.07 Å². The molecule has 1 aromatic rings. The van der Waals surface area contributed by atoms with E-state index >= 15 is 0 Å². The lowest BCUT2D eigenvalue weighted by molar-refractivity contribution is -0.130. The standard InChI is InChI=1S/C19H25N3O2/c1-13-10-14(2)18(15(3)11-13)22(17(5)24)19(12-20)6-8-21(9-7-19)16(4)23/h10-11H,6-9H2,1-5H3. The summed E-state index contributed by atoms with van der Waals surface area (Å²) in [6.07, 6.45) is 0.935. The van der Waals surface area contributed by atoms with Crippen LogP contribution < -0.4 is 4.90 Å². The van der Waals surface area contributed by atoms with Crippen molar-refractivity contribution in [2.75, 3.05) is 18.0 Å². The van der Waals surface area contributed by atoms with Crippen molar-refractivity contribution in [3.63, 3.8) is 0 Å². The van der Waals surface area contributed by atoms with Crippen LogP contribution in [0.3, 0.4) is 0 Å². The molecule has 0 spiro atoms. The first-order valence-electron chi connectivity index (χ1n) is 8.27. The maximum atomic E-state index is 12.5.